The van der Waals surface area contributed by atoms with E-state index in [0.717, 1.165) is 25.7 Å². The number of ether oxygens (including phenoxy) is 1. The second-order valence-electron chi connectivity index (χ2n) is 8.00. The highest BCUT2D eigenvalue weighted by molar-refractivity contribution is 5.81. The first-order valence-corrected chi connectivity index (χ1v) is 8.89. The van der Waals surface area contributed by atoms with Gasteiger partial charge >= 0.3 is 0 Å². The molecule has 1 unspecified atom stereocenters. The number of piperidine rings is 1. The normalized spacial score (nSPS) is 52.0. The van der Waals surface area contributed by atoms with Gasteiger partial charge < -0.3 is 9.64 Å². The van der Waals surface area contributed by atoms with Crippen molar-refractivity contribution in [3.05, 3.63) is 12.7 Å². The van der Waals surface area contributed by atoms with E-state index in [9.17, 15) is 4.79 Å². The lowest BCUT2D eigenvalue weighted by Crippen LogP contribution is -2.74. The van der Waals surface area contributed by atoms with Crippen molar-refractivity contribution in [1.29, 1.82) is 0 Å². The molecule has 5 heteroatoms. The molecular formula is C18H27NO4. The summed E-state index contributed by atoms with van der Waals surface area (Å²) in [6.07, 6.45) is 5.36. The van der Waals surface area contributed by atoms with Crippen molar-refractivity contribution in [2.24, 2.45) is 23.7 Å². The molecule has 2 bridgehead atoms. The summed E-state index contributed by atoms with van der Waals surface area (Å²) in [6, 6.07) is 0. The van der Waals surface area contributed by atoms with Gasteiger partial charge in [-0.1, -0.05) is 19.9 Å². The van der Waals surface area contributed by atoms with Crippen LogP contribution in [0.25, 0.3) is 0 Å². The van der Waals surface area contributed by atoms with Gasteiger partial charge in [-0.05, 0) is 38.0 Å². The number of hydrogen-bond donors (Lipinski definition) is 0. The molecule has 128 valence electrons. The Morgan fingerprint density at radius 2 is 2.04 bits per heavy atom. The summed E-state index contributed by atoms with van der Waals surface area (Å²) >= 11 is 0. The topological polar surface area (TPSA) is 48.0 Å². The standard InChI is InChI=1S/C18H27NO4/c1-5-10-19-15(20)12(3)14-7-6-11(2)13-8-9-17(4)21-16(19)18(13,14)23-22-17/h5,11-14,16H,1,6-10H2,2-4H3/t11-,12-,13+,14?,16-,17-,18-/m1/s1. The van der Waals surface area contributed by atoms with Crippen LogP contribution >= 0.6 is 0 Å². The maximum Gasteiger partial charge on any atom is 0.228 e. The third kappa shape index (κ3) is 1.93. The number of fused-ring (bicyclic) bond motifs is 2. The summed E-state index contributed by atoms with van der Waals surface area (Å²) in [4.78, 5) is 26.7. The van der Waals surface area contributed by atoms with Crippen molar-refractivity contribution in [1.82, 2.24) is 4.90 Å². The van der Waals surface area contributed by atoms with Gasteiger partial charge in [-0.2, -0.15) is 0 Å². The summed E-state index contributed by atoms with van der Waals surface area (Å²) in [6.45, 7) is 10.6. The summed E-state index contributed by atoms with van der Waals surface area (Å²) in [5.74, 6) is 0.378. The fraction of sp³-hybridized carbons (Fsp3) is 0.833. The van der Waals surface area contributed by atoms with Gasteiger partial charge in [0.05, 0.1) is 0 Å². The highest BCUT2D eigenvalue weighted by Crippen LogP contribution is 2.60. The average molecular weight is 321 g/mol. The van der Waals surface area contributed by atoms with Crippen molar-refractivity contribution in [2.45, 2.75) is 64.1 Å². The van der Waals surface area contributed by atoms with Gasteiger partial charge in [-0.25, -0.2) is 9.78 Å². The molecule has 7 atom stereocenters. The molecule has 0 aromatic rings. The molecule has 4 aliphatic heterocycles. The van der Waals surface area contributed by atoms with Crippen LogP contribution in [0.4, 0.5) is 0 Å². The molecule has 1 saturated carbocycles. The molecule has 5 rings (SSSR count). The maximum atomic E-state index is 12.9. The van der Waals surface area contributed by atoms with Crippen LogP contribution in [0.15, 0.2) is 12.7 Å². The van der Waals surface area contributed by atoms with Gasteiger partial charge in [0, 0.05) is 24.8 Å². The second kappa shape index (κ2) is 5.04. The Balaban J connectivity index is 1.86. The van der Waals surface area contributed by atoms with E-state index >= 15 is 0 Å². The molecule has 0 aromatic heterocycles. The molecule has 5 aliphatic rings. The van der Waals surface area contributed by atoms with E-state index in [2.05, 4.69) is 13.5 Å². The maximum absolute atomic E-state index is 12.9. The second-order valence-corrected chi connectivity index (χ2v) is 8.00. The van der Waals surface area contributed by atoms with E-state index in [1.165, 1.54) is 0 Å². The molecule has 4 saturated heterocycles. The Morgan fingerprint density at radius 1 is 1.26 bits per heavy atom. The monoisotopic (exact) mass is 321 g/mol. The van der Waals surface area contributed by atoms with Crippen LogP contribution in [-0.2, 0) is 19.3 Å². The van der Waals surface area contributed by atoms with Gasteiger partial charge in [0.15, 0.2) is 11.8 Å². The van der Waals surface area contributed by atoms with Crippen molar-refractivity contribution >= 4 is 5.91 Å². The highest BCUT2D eigenvalue weighted by atomic mass is 17.3. The molecule has 1 amide bonds. The zero-order chi connectivity index (χ0) is 16.4. The molecule has 1 aliphatic carbocycles. The van der Waals surface area contributed by atoms with Crippen molar-refractivity contribution < 1.29 is 19.3 Å². The summed E-state index contributed by atoms with van der Waals surface area (Å²) in [7, 11) is 0. The van der Waals surface area contributed by atoms with Gasteiger partial charge in [-0.15, -0.1) is 6.58 Å². The molecule has 0 aromatic carbocycles. The van der Waals surface area contributed by atoms with Gasteiger partial charge in [0.2, 0.25) is 11.7 Å². The van der Waals surface area contributed by atoms with E-state index < -0.39 is 11.4 Å². The lowest BCUT2D eigenvalue weighted by molar-refractivity contribution is -0.547. The predicted octanol–water partition coefficient (Wildman–Crippen LogP) is 2.87. The number of likely N-dealkylation sites (tertiary alicyclic amines) is 1. The SMILES string of the molecule is C=CCN1C(=O)[C@H](C)C2CC[C@@H](C)[C@@H]3CC[C@@]4(C)OO[C@@]23[C@H]1O4. The average Bonchev–Trinajstić information content (AvgIpc) is 2.76. The zero-order valence-electron chi connectivity index (χ0n) is 14.3. The first-order chi connectivity index (χ1) is 10.9. The summed E-state index contributed by atoms with van der Waals surface area (Å²) in [5.41, 5.74) is -0.538. The van der Waals surface area contributed by atoms with Crippen molar-refractivity contribution in [3.8, 4) is 0 Å². The number of rotatable bonds is 2. The van der Waals surface area contributed by atoms with Crippen LogP contribution in [0, 0.1) is 23.7 Å². The quantitative estimate of drug-likeness (QED) is 0.579. The third-order valence-corrected chi connectivity index (χ3v) is 6.68. The number of carbonyl (C=O) groups excluding carboxylic acids is 1. The van der Waals surface area contributed by atoms with Gasteiger partial charge in [-0.3, -0.25) is 4.79 Å². The Hall–Kier alpha value is -0.910. The zero-order valence-corrected chi connectivity index (χ0v) is 14.3. The van der Waals surface area contributed by atoms with Crippen LogP contribution < -0.4 is 0 Å². The highest BCUT2D eigenvalue weighted by Gasteiger charge is 2.70. The minimum atomic E-state index is -0.766. The first kappa shape index (κ1) is 15.6. The van der Waals surface area contributed by atoms with Gasteiger partial charge in [0.25, 0.3) is 0 Å². The van der Waals surface area contributed by atoms with E-state index in [-0.39, 0.29) is 24.0 Å². The molecule has 5 nitrogen and oxygen atoms in total. The summed E-state index contributed by atoms with van der Waals surface area (Å²) in [5, 5.41) is 0. The fourth-order valence-corrected chi connectivity index (χ4v) is 5.48. The Morgan fingerprint density at radius 3 is 2.78 bits per heavy atom. The number of nitrogens with zero attached hydrogens (tertiary/aromatic N) is 1. The molecule has 0 N–H and O–H groups in total. The Kier molecular flexibility index (Phi) is 3.42. The predicted molar refractivity (Wildman–Crippen MR) is 83.9 cm³/mol. The smallest absolute Gasteiger partial charge is 0.228 e. The first-order valence-electron chi connectivity index (χ1n) is 8.89. The van der Waals surface area contributed by atoms with Crippen molar-refractivity contribution in [3.63, 3.8) is 0 Å². The summed E-state index contributed by atoms with van der Waals surface area (Å²) < 4.78 is 6.37. The van der Waals surface area contributed by atoms with Crippen LogP contribution in [0.3, 0.4) is 0 Å². The third-order valence-electron chi connectivity index (χ3n) is 6.68. The largest absolute Gasteiger partial charge is 0.321 e. The molecule has 0 radical (unpaired) electrons. The molecule has 4 heterocycles. The van der Waals surface area contributed by atoms with Crippen LogP contribution in [0.5, 0.6) is 0 Å². The minimum absolute atomic E-state index is 0.0733. The number of hydrogen-bond acceptors (Lipinski definition) is 4. The number of carbonyl (C=O) groups is 1. The molecular weight excluding hydrogens is 294 g/mol. The van der Waals surface area contributed by atoms with E-state index in [0.29, 0.717) is 18.4 Å². The van der Waals surface area contributed by atoms with Crippen molar-refractivity contribution in [2.75, 3.05) is 6.54 Å². The molecule has 1 spiro atoms. The van der Waals surface area contributed by atoms with Crippen LogP contribution in [-0.4, -0.2) is 35.0 Å². The molecule has 5 fully saturated rings. The number of amides is 1. The van der Waals surface area contributed by atoms with E-state index in [1.807, 2.05) is 18.7 Å². The Bertz CT molecular complexity index is 537. The van der Waals surface area contributed by atoms with E-state index in [4.69, 9.17) is 14.5 Å². The van der Waals surface area contributed by atoms with E-state index in [1.54, 1.807) is 6.08 Å². The Labute approximate surface area is 137 Å². The van der Waals surface area contributed by atoms with Gasteiger partial charge in [0.1, 0.15) is 0 Å². The molecule has 23 heavy (non-hydrogen) atoms. The lowest BCUT2D eigenvalue weighted by atomic mass is 9.57. The minimum Gasteiger partial charge on any atom is -0.321 e. The van der Waals surface area contributed by atoms with Crippen LogP contribution in [0.2, 0.25) is 0 Å². The van der Waals surface area contributed by atoms with Crippen LogP contribution in [0.1, 0.15) is 46.5 Å². The fourth-order valence-electron chi connectivity index (χ4n) is 5.48. The lowest BCUT2D eigenvalue weighted by Gasteiger charge is -2.61.